The second-order valence-electron chi connectivity index (χ2n) is 5.20. The Balaban J connectivity index is 1.83. The molecule has 0 atom stereocenters. The molecule has 1 amide bonds. The van der Waals surface area contributed by atoms with Crippen molar-refractivity contribution in [1.82, 2.24) is 5.32 Å². The number of unbranched alkanes of at least 4 members (excludes halogenated alkanes) is 1. The van der Waals surface area contributed by atoms with E-state index in [2.05, 4.69) is 5.32 Å². The number of rotatable bonds is 7. The van der Waals surface area contributed by atoms with Crippen molar-refractivity contribution >= 4 is 11.9 Å². The van der Waals surface area contributed by atoms with Gasteiger partial charge in [-0.2, -0.15) is 0 Å². The molecule has 1 saturated carbocycles. The zero-order valence-corrected chi connectivity index (χ0v) is 11.2. The Hall–Kier alpha value is -1.91. The largest absolute Gasteiger partial charge is 0.481 e. The van der Waals surface area contributed by atoms with Gasteiger partial charge in [0.2, 0.25) is 5.91 Å². The number of aliphatic carboxylic acids is 1. The molecule has 1 aromatic rings. The molecule has 2 rings (SSSR count). The first-order valence-corrected chi connectivity index (χ1v) is 6.81. The number of carboxylic acid groups (broad SMARTS) is 1. The fraction of sp³-hybridized carbons (Fsp3) is 0.467. The van der Waals surface area contributed by atoms with Crippen molar-refractivity contribution in [3.05, 3.63) is 35.6 Å². The molecule has 0 radical (unpaired) electrons. The van der Waals surface area contributed by atoms with Crippen LogP contribution in [0.2, 0.25) is 0 Å². The summed E-state index contributed by atoms with van der Waals surface area (Å²) in [5, 5.41) is 11.4. The van der Waals surface area contributed by atoms with Gasteiger partial charge in [-0.1, -0.05) is 12.1 Å². The Labute approximate surface area is 117 Å². The molecule has 0 bridgehead atoms. The molecule has 108 valence electrons. The lowest BCUT2D eigenvalue weighted by atomic mass is 9.95. The Morgan fingerprint density at radius 3 is 2.40 bits per heavy atom. The Morgan fingerprint density at radius 1 is 1.20 bits per heavy atom. The van der Waals surface area contributed by atoms with E-state index in [9.17, 15) is 14.0 Å². The summed E-state index contributed by atoms with van der Waals surface area (Å²) in [6.07, 6.45) is 2.88. The number of halogens is 1. The summed E-state index contributed by atoms with van der Waals surface area (Å²) in [6.45, 7) is 0.481. The molecule has 5 heteroatoms. The third-order valence-corrected chi connectivity index (χ3v) is 3.68. The summed E-state index contributed by atoms with van der Waals surface area (Å²) in [7, 11) is 0. The van der Waals surface area contributed by atoms with Crippen LogP contribution in [0.25, 0.3) is 0 Å². The van der Waals surface area contributed by atoms with Gasteiger partial charge in [0, 0.05) is 13.0 Å². The van der Waals surface area contributed by atoms with E-state index in [1.54, 1.807) is 12.1 Å². The fourth-order valence-electron chi connectivity index (χ4n) is 2.31. The van der Waals surface area contributed by atoms with Gasteiger partial charge in [-0.25, -0.2) is 4.39 Å². The van der Waals surface area contributed by atoms with Crippen LogP contribution in [-0.4, -0.2) is 23.5 Å². The average molecular weight is 279 g/mol. The maximum absolute atomic E-state index is 12.9. The van der Waals surface area contributed by atoms with Crippen molar-refractivity contribution in [2.24, 2.45) is 0 Å². The minimum Gasteiger partial charge on any atom is -0.481 e. The zero-order valence-electron chi connectivity index (χ0n) is 11.2. The third-order valence-electron chi connectivity index (χ3n) is 3.68. The molecule has 0 aromatic heterocycles. The molecule has 0 saturated heterocycles. The molecule has 4 nitrogen and oxygen atoms in total. The second kappa shape index (κ2) is 6.03. The normalized spacial score (nSPS) is 15.7. The van der Waals surface area contributed by atoms with E-state index >= 15 is 0 Å². The zero-order chi connectivity index (χ0) is 14.6. The monoisotopic (exact) mass is 279 g/mol. The van der Waals surface area contributed by atoms with Crippen LogP contribution >= 0.6 is 0 Å². The highest BCUT2D eigenvalue weighted by molar-refractivity contribution is 5.91. The van der Waals surface area contributed by atoms with Crippen molar-refractivity contribution in [2.45, 2.75) is 37.5 Å². The second-order valence-corrected chi connectivity index (χ2v) is 5.20. The van der Waals surface area contributed by atoms with Crippen LogP contribution < -0.4 is 5.32 Å². The average Bonchev–Trinajstić information content (AvgIpc) is 3.20. The number of carboxylic acids is 1. The molecule has 0 spiro atoms. The first kappa shape index (κ1) is 14.5. The van der Waals surface area contributed by atoms with Crippen molar-refractivity contribution < 1.29 is 19.1 Å². The van der Waals surface area contributed by atoms with Crippen molar-refractivity contribution in [1.29, 1.82) is 0 Å². The number of hydrogen-bond acceptors (Lipinski definition) is 2. The lowest BCUT2D eigenvalue weighted by Gasteiger charge is -2.15. The number of hydrogen-bond donors (Lipinski definition) is 2. The van der Waals surface area contributed by atoms with Crippen LogP contribution in [0.15, 0.2) is 24.3 Å². The van der Waals surface area contributed by atoms with Crippen LogP contribution in [0.3, 0.4) is 0 Å². The molecular weight excluding hydrogens is 261 g/mol. The minimum atomic E-state index is -0.818. The summed E-state index contributed by atoms with van der Waals surface area (Å²) in [5.74, 6) is -1.17. The summed E-state index contributed by atoms with van der Waals surface area (Å²) in [6, 6.07) is 6.06. The van der Waals surface area contributed by atoms with Crippen LogP contribution in [-0.2, 0) is 15.0 Å². The summed E-state index contributed by atoms with van der Waals surface area (Å²) in [4.78, 5) is 22.5. The smallest absolute Gasteiger partial charge is 0.303 e. The van der Waals surface area contributed by atoms with E-state index in [0.717, 1.165) is 18.4 Å². The Bertz CT molecular complexity index is 494. The van der Waals surface area contributed by atoms with Crippen LogP contribution in [0.5, 0.6) is 0 Å². The molecule has 1 aliphatic carbocycles. The first-order chi connectivity index (χ1) is 9.54. The predicted octanol–water partition coefficient (Wildman–Crippen LogP) is 2.23. The van der Waals surface area contributed by atoms with Gasteiger partial charge in [-0.15, -0.1) is 0 Å². The molecule has 20 heavy (non-hydrogen) atoms. The highest BCUT2D eigenvalue weighted by atomic mass is 19.1. The molecule has 2 N–H and O–H groups in total. The predicted molar refractivity (Wildman–Crippen MR) is 71.8 cm³/mol. The van der Waals surface area contributed by atoms with Crippen molar-refractivity contribution in [3.63, 3.8) is 0 Å². The Kier molecular flexibility index (Phi) is 4.37. The SMILES string of the molecule is O=C(O)CCCCNC(=O)C1(c2ccc(F)cc2)CC1. The molecule has 0 aliphatic heterocycles. The Morgan fingerprint density at radius 2 is 1.85 bits per heavy atom. The minimum absolute atomic E-state index is 0.0422. The molecule has 1 aliphatic rings. The van der Waals surface area contributed by atoms with E-state index in [-0.39, 0.29) is 18.1 Å². The maximum atomic E-state index is 12.9. The first-order valence-electron chi connectivity index (χ1n) is 6.81. The van der Waals surface area contributed by atoms with Gasteiger partial charge in [0.05, 0.1) is 5.41 Å². The topological polar surface area (TPSA) is 66.4 Å². The summed E-state index contributed by atoms with van der Waals surface area (Å²) in [5.41, 5.74) is 0.350. The number of carbonyl (C=O) groups is 2. The van der Waals surface area contributed by atoms with Crippen LogP contribution in [0.1, 0.15) is 37.7 Å². The van der Waals surface area contributed by atoms with Crippen molar-refractivity contribution in [2.75, 3.05) is 6.54 Å². The number of benzene rings is 1. The van der Waals surface area contributed by atoms with Crippen molar-refractivity contribution in [3.8, 4) is 0 Å². The van der Waals surface area contributed by atoms with Gasteiger partial charge < -0.3 is 10.4 Å². The lowest BCUT2D eigenvalue weighted by Crippen LogP contribution is -2.35. The van der Waals surface area contributed by atoms with Gasteiger partial charge in [0.25, 0.3) is 0 Å². The summed E-state index contributed by atoms with van der Waals surface area (Å²) < 4.78 is 12.9. The van der Waals surface area contributed by atoms with Gasteiger partial charge in [-0.05, 0) is 43.4 Å². The van der Waals surface area contributed by atoms with Crippen LogP contribution in [0, 0.1) is 5.82 Å². The quantitative estimate of drug-likeness (QED) is 0.752. The standard InChI is InChI=1S/C15H18FNO3/c16-12-6-4-11(5-7-12)15(8-9-15)14(20)17-10-2-1-3-13(18)19/h4-7H,1-3,8-10H2,(H,17,20)(H,18,19). The van der Waals surface area contributed by atoms with E-state index in [4.69, 9.17) is 5.11 Å². The molecule has 0 unspecified atom stereocenters. The van der Waals surface area contributed by atoms with E-state index in [0.29, 0.717) is 19.4 Å². The highest BCUT2D eigenvalue weighted by Gasteiger charge is 2.50. The van der Waals surface area contributed by atoms with Gasteiger partial charge in [0.1, 0.15) is 5.82 Å². The molecular formula is C15H18FNO3. The highest BCUT2D eigenvalue weighted by Crippen LogP contribution is 2.48. The lowest BCUT2D eigenvalue weighted by molar-refractivity contribution is -0.137. The van der Waals surface area contributed by atoms with E-state index in [1.165, 1.54) is 12.1 Å². The van der Waals surface area contributed by atoms with Gasteiger partial charge in [0.15, 0.2) is 0 Å². The molecule has 1 fully saturated rings. The third kappa shape index (κ3) is 3.35. The maximum Gasteiger partial charge on any atom is 0.303 e. The van der Waals surface area contributed by atoms with E-state index in [1.807, 2.05) is 0 Å². The molecule has 1 aromatic carbocycles. The number of nitrogens with one attached hydrogen (secondary N) is 1. The fourth-order valence-corrected chi connectivity index (χ4v) is 2.31. The summed E-state index contributed by atoms with van der Waals surface area (Å²) >= 11 is 0. The van der Waals surface area contributed by atoms with Gasteiger partial charge in [-0.3, -0.25) is 9.59 Å². The molecule has 0 heterocycles. The van der Waals surface area contributed by atoms with Crippen LogP contribution in [0.4, 0.5) is 4.39 Å². The van der Waals surface area contributed by atoms with E-state index < -0.39 is 11.4 Å². The number of carbonyl (C=O) groups excluding carboxylic acids is 1. The van der Waals surface area contributed by atoms with Gasteiger partial charge >= 0.3 is 5.97 Å². The number of amides is 1.